The number of carbonyl (C=O) groups is 1. The van der Waals surface area contributed by atoms with Gasteiger partial charge in [-0.3, -0.25) is 4.79 Å². The molecule has 5 nitrogen and oxygen atoms in total. The molecule has 0 bridgehead atoms. The topological polar surface area (TPSA) is 51.9 Å². The third-order valence-corrected chi connectivity index (χ3v) is 4.04. The van der Waals surface area contributed by atoms with Crippen LogP contribution in [0.5, 0.6) is 5.75 Å². The number of carbonyl (C=O) groups excluding carboxylic acids is 1. The van der Waals surface area contributed by atoms with Gasteiger partial charge in [0.2, 0.25) is 0 Å². The quantitative estimate of drug-likeness (QED) is 0.851. The molecule has 0 N–H and O–H groups in total. The summed E-state index contributed by atoms with van der Waals surface area (Å²) >= 11 is 0. The fraction of sp³-hybridized carbons (Fsp3) is 0.389. The highest BCUT2D eigenvalue weighted by molar-refractivity contribution is 5.92. The van der Waals surface area contributed by atoms with Gasteiger partial charge in [-0.2, -0.15) is 0 Å². The molecule has 0 unspecified atom stereocenters. The molecule has 23 heavy (non-hydrogen) atoms. The van der Waals surface area contributed by atoms with Crippen molar-refractivity contribution < 1.29 is 18.7 Å². The Morgan fingerprint density at radius 2 is 2.09 bits per heavy atom. The smallest absolute Gasteiger partial charge is 0.289 e. The predicted octanol–water partition coefficient (Wildman–Crippen LogP) is 3.06. The third-order valence-electron chi connectivity index (χ3n) is 4.04. The normalized spacial score (nSPS) is 15.8. The molecule has 1 aromatic heterocycles. The van der Waals surface area contributed by atoms with Crippen LogP contribution in [0, 0.1) is 5.41 Å². The summed E-state index contributed by atoms with van der Waals surface area (Å²) in [4.78, 5) is 14.2. The minimum atomic E-state index is -0.118. The zero-order chi connectivity index (χ0) is 16.4. The molecule has 0 atom stereocenters. The molecule has 0 aliphatic carbocycles. The van der Waals surface area contributed by atoms with Crippen LogP contribution in [0.15, 0.2) is 40.8 Å². The van der Waals surface area contributed by atoms with Crippen molar-refractivity contribution in [1.82, 2.24) is 4.90 Å². The minimum absolute atomic E-state index is 0.0482. The number of ether oxygens (including phenoxy) is 2. The first kappa shape index (κ1) is 15.6. The van der Waals surface area contributed by atoms with Gasteiger partial charge in [-0.25, -0.2) is 0 Å². The van der Waals surface area contributed by atoms with E-state index in [4.69, 9.17) is 13.9 Å². The standard InChI is InChI=1S/C18H21NO4/c1-18(11-22-12-18)10-19(2)17(20)16-8-7-15(23-16)13-5-4-6-14(9-13)21-3/h4-9H,10-12H2,1-3H3. The van der Waals surface area contributed by atoms with Gasteiger partial charge in [0.15, 0.2) is 5.76 Å². The van der Waals surface area contributed by atoms with Gasteiger partial charge in [0.25, 0.3) is 5.91 Å². The lowest BCUT2D eigenvalue weighted by Gasteiger charge is -2.40. The summed E-state index contributed by atoms with van der Waals surface area (Å²) in [7, 11) is 3.41. The highest BCUT2D eigenvalue weighted by atomic mass is 16.5. The number of benzene rings is 1. The van der Waals surface area contributed by atoms with E-state index in [-0.39, 0.29) is 11.3 Å². The Hall–Kier alpha value is -2.27. The maximum absolute atomic E-state index is 12.5. The van der Waals surface area contributed by atoms with Crippen LogP contribution in [0.2, 0.25) is 0 Å². The molecule has 5 heteroatoms. The zero-order valence-electron chi connectivity index (χ0n) is 13.7. The largest absolute Gasteiger partial charge is 0.497 e. The van der Waals surface area contributed by atoms with Gasteiger partial charge >= 0.3 is 0 Å². The summed E-state index contributed by atoms with van der Waals surface area (Å²) in [6.07, 6.45) is 0. The maximum Gasteiger partial charge on any atom is 0.289 e. The van der Waals surface area contributed by atoms with Crippen LogP contribution in [0.3, 0.4) is 0 Å². The lowest BCUT2D eigenvalue weighted by Crippen LogP contribution is -2.49. The molecule has 1 saturated heterocycles. The Labute approximate surface area is 135 Å². The minimum Gasteiger partial charge on any atom is -0.497 e. The van der Waals surface area contributed by atoms with Gasteiger partial charge in [0.05, 0.1) is 20.3 Å². The molecule has 3 rings (SSSR count). The first-order chi connectivity index (χ1) is 11.0. The Morgan fingerprint density at radius 1 is 1.30 bits per heavy atom. The molecular formula is C18H21NO4. The molecule has 2 aromatic rings. The molecule has 1 aromatic carbocycles. The van der Waals surface area contributed by atoms with E-state index >= 15 is 0 Å². The number of nitrogens with zero attached hydrogens (tertiary/aromatic N) is 1. The Balaban J connectivity index is 1.74. The average molecular weight is 315 g/mol. The summed E-state index contributed by atoms with van der Waals surface area (Å²) in [5.41, 5.74) is 0.928. The monoisotopic (exact) mass is 315 g/mol. The van der Waals surface area contributed by atoms with Crippen LogP contribution in [-0.4, -0.2) is 44.7 Å². The summed E-state index contributed by atoms with van der Waals surface area (Å²) in [6, 6.07) is 11.1. The lowest BCUT2D eigenvalue weighted by molar-refractivity contribution is -0.109. The van der Waals surface area contributed by atoms with Crippen molar-refractivity contribution >= 4 is 5.91 Å². The second kappa shape index (κ2) is 6.08. The first-order valence-electron chi connectivity index (χ1n) is 7.58. The highest BCUT2D eigenvalue weighted by Crippen LogP contribution is 2.29. The Bertz CT molecular complexity index is 703. The van der Waals surface area contributed by atoms with Crippen LogP contribution >= 0.6 is 0 Å². The second-order valence-electron chi connectivity index (χ2n) is 6.36. The van der Waals surface area contributed by atoms with Crippen molar-refractivity contribution in [2.75, 3.05) is 33.9 Å². The molecule has 0 radical (unpaired) electrons. The molecule has 1 aliphatic rings. The van der Waals surface area contributed by atoms with Gasteiger partial charge in [0, 0.05) is 24.6 Å². The van der Waals surface area contributed by atoms with E-state index in [0.29, 0.717) is 31.3 Å². The molecule has 122 valence electrons. The molecule has 0 spiro atoms. The molecule has 1 fully saturated rings. The van der Waals surface area contributed by atoms with Crippen LogP contribution in [0.4, 0.5) is 0 Å². The first-order valence-corrected chi connectivity index (χ1v) is 7.58. The van der Waals surface area contributed by atoms with Crippen LogP contribution in [0.1, 0.15) is 17.5 Å². The van der Waals surface area contributed by atoms with Crippen LogP contribution < -0.4 is 4.74 Å². The van der Waals surface area contributed by atoms with Crippen molar-refractivity contribution in [3.63, 3.8) is 0 Å². The number of hydrogen-bond donors (Lipinski definition) is 0. The van der Waals surface area contributed by atoms with Crippen molar-refractivity contribution in [2.45, 2.75) is 6.92 Å². The molecular weight excluding hydrogens is 294 g/mol. The van der Waals surface area contributed by atoms with Gasteiger partial charge in [0.1, 0.15) is 11.5 Å². The second-order valence-corrected chi connectivity index (χ2v) is 6.36. The highest BCUT2D eigenvalue weighted by Gasteiger charge is 2.36. The molecule has 1 amide bonds. The van der Waals surface area contributed by atoms with Crippen molar-refractivity contribution in [3.05, 3.63) is 42.2 Å². The van der Waals surface area contributed by atoms with E-state index in [0.717, 1.165) is 11.3 Å². The van der Waals surface area contributed by atoms with Crippen molar-refractivity contribution in [1.29, 1.82) is 0 Å². The van der Waals surface area contributed by atoms with Gasteiger partial charge < -0.3 is 18.8 Å². The van der Waals surface area contributed by atoms with E-state index in [1.807, 2.05) is 30.3 Å². The number of furan rings is 1. The molecule has 2 heterocycles. The summed E-state index contributed by atoms with van der Waals surface area (Å²) in [6.45, 7) is 4.15. The van der Waals surface area contributed by atoms with Crippen molar-refractivity contribution in [3.8, 4) is 17.1 Å². The number of hydrogen-bond acceptors (Lipinski definition) is 4. The third kappa shape index (κ3) is 3.24. The van der Waals surface area contributed by atoms with E-state index in [1.165, 1.54) is 0 Å². The summed E-state index contributed by atoms with van der Waals surface area (Å²) in [5.74, 6) is 1.63. The number of rotatable bonds is 5. The van der Waals surface area contributed by atoms with Gasteiger partial charge in [-0.15, -0.1) is 0 Å². The van der Waals surface area contributed by atoms with E-state index in [9.17, 15) is 4.79 Å². The average Bonchev–Trinajstić information content (AvgIpc) is 3.02. The lowest BCUT2D eigenvalue weighted by atomic mass is 9.88. The van der Waals surface area contributed by atoms with Crippen LogP contribution in [-0.2, 0) is 4.74 Å². The number of methoxy groups -OCH3 is 1. The summed E-state index contributed by atoms with van der Waals surface area (Å²) in [5, 5.41) is 0. The Kier molecular flexibility index (Phi) is 4.13. The molecule has 1 aliphatic heterocycles. The van der Waals surface area contributed by atoms with E-state index < -0.39 is 0 Å². The van der Waals surface area contributed by atoms with E-state index in [1.54, 1.807) is 25.1 Å². The summed E-state index contributed by atoms with van der Waals surface area (Å²) < 4.78 is 16.2. The fourth-order valence-corrected chi connectivity index (χ4v) is 2.76. The van der Waals surface area contributed by atoms with Crippen LogP contribution in [0.25, 0.3) is 11.3 Å². The van der Waals surface area contributed by atoms with Crippen molar-refractivity contribution in [2.24, 2.45) is 5.41 Å². The van der Waals surface area contributed by atoms with Gasteiger partial charge in [-0.05, 0) is 24.3 Å². The predicted molar refractivity (Wildman–Crippen MR) is 86.6 cm³/mol. The zero-order valence-corrected chi connectivity index (χ0v) is 13.7. The van der Waals surface area contributed by atoms with Gasteiger partial charge in [-0.1, -0.05) is 19.1 Å². The Morgan fingerprint density at radius 3 is 2.74 bits per heavy atom. The number of amides is 1. The van der Waals surface area contributed by atoms with E-state index in [2.05, 4.69) is 6.92 Å². The maximum atomic E-state index is 12.5. The molecule has 0 saturated carbocycles. The fourth-order valence-electron chi connectivity index (χ4n) is 2.76. The SMILES string of the molecule is COc1cccc(-c2ccc(C(=O)N(C)CC3(C)COC3)o2)c1.